The van der Waals surface area contributed by atoms with Crippen molar-refractivity contribution in [3.05, 3.63) is 12.2 Å². The van der Waals surface area contributed by atoms with Gasteiger partial charge in [-0.3, -0.25) is 9.05 Å². The molecule has 0 aromatic carbocycles. The molecule has 144 valence electrons. The van der Waals surface area contributed by atoms with Gasteiger partial charge in [-0.2, -0.15) is 0 Å². The van der Waals surface area contributed by atoms with Gasteiger partial charge in [0.15, 0.2) is 0 Å². The van der Waals surface area contributed by atoms with Gasteiger partial charge in [0.1, 0.15) is 0 Å². The molecule has 0 aliphatic heterocycles. The summed E-state index contributed by atoms with van der Waals surface area (Å²) in [4.78, 5) is 9.77. The van der Waals surface area contributed by atoms with Crippen LogP contribution in [0.1, 0.15) is 74.7 Å². The number of hydrogen-bond donors (Lipinski definition) is 2. The Morgan fingerprint density at radius 2 is 1.62 bits per heavy atom. The van der Waals surface area contributed by atoms with E-state index < -0.39 is 24.9 Å². The normalized spacial score (nSPS) is 17.4. The topological polar surface area (TPSA) is 76.0 Å². The van der Waals surface area contributed by atoms with Gasteiger partial charge in [-0.25, -0.2) is 4.57 Å². The van der Waals surface area contributed by atoms with Crippen molar-refractivity contribution < 1.29 is 23.6 Å². The summed E-state index contributed by atoms with van der Waals surface area (Å²) in [7, 11) is -4.16. The molecule has 0 fully saturated rings. The molecule has 0 aromatic heterocycles. The van der Waals surface area contributed by atoms with Crippen LogP contribution in [0.15, 0.2) is 12.2 Å². The zero-order valence-corrected chi connectivity index (χ0v) is 17.6. The minimum Gasteiger partial charge on any atom is -0.388 e. The maximum absolute atomic E-state index is 12.0. The molecule has 2 unspecified atom stereocenters. The monoisotopic (exact) mass is 364 g/mol. The first-order valence-corrected chi connectivity index (χ1v) is 9.99. The Kier molecular flexibility index (Phi) is 8.39. The number of phosphoric acid groups is 1. The van der Waals surface area contributed by atoms with Crippen LogP contribution in [0.3, 0.4) is 0 Å². The van der Waals surface area contributed by atoms with Gasteiger partial charge in [-0.15, -0.1) is 0 Å². The quantitative estimate of drug-likeness (QED) is 0.441. The first kappa shape index (κ1) is 23.8. The largest absolute Gasteiger partial charge is 0.472 e. The first-order chi connectivity index (χ1) is 10.5. The molecule has 0 amide bonds. The van der Waals surface area contributed by atoms with E-state index in [0.29, 0.717) is 0 Å². The SMILES string of the molecule is C=C(CCCC(C)(C)C)C(O)C(C)(C)COP(=O)(O)OC(C)(C)C. The van der Waals surface area contributed by atoms with Gasteiger partial charge in [-0.05, 0) is 51.0 Å². The van der Waals surface area contributed by atoms with Crippen LogP contribution in [0.4, 0.5) is 0 Å². The third-order valence-corrected chi connectivity index (χ3v) is 4.77. The molecule has 0 bridgehead atoms. The molecule has 24 heavy (non-hydrogen) atoms. The summed E-state index contributed by atoms with van der Waals surface area (Å²) >= 11 is 0. The molecule has 2 atom stereocenters. The number of aliphatic hydroxyl groups is 1. The van der Waals surface area contributed by atoms with Gasteiger partial charge < -0.3 is 10.00 Å². The molecule has 0 aliphatic carbocycles. The van der Waals surface area contributed by atoms with Crippen molar-refractivity contribution in [2.24, 2.45) is 10.8 Å². The predicted molar refractivity (Wildman–Crippen MR) is 98.8 cm³/mol. The lowest BCUT2D eigenvalue weighted by Crippen LogP contribution is -2.35. The van der Waals surface area contributed by atoms with Gasteiger partial charge >= 0.3 is 7.82 Å². The van der Waals surface area contributed by atoms with E-state index >= 15 is 0 Å². The van der Waals surface area contributed by atoms with Crippen LogP contribution in [0.5, 0.6) is 0 Å². The highest BCUT2D eigenvalue weighted by Crippen LogP contribution is 2.48. The number of hydrogen-bond acceptors (Lipinski definition) is 4. The van der Waals surface area contributed by atoms with Crippen molar-refractivity contribution >= 4 is 7.82 Å². The number of rotatable bonds is 9. The molecular formula is C18H37O5P. The number of aliphatic hydroxyl groups excluding tert-OH is 1. The van der Waals surface area contributed by atoms with Crippen molar-refractivity contribution in [3.8, 4) is 0 Å². The standard InChI is InChI=1S/C18H37O5P/c1-14(11-10-12-16(2,3)4)15(19)18(8,9)13-22-24(20,21)23-17(5,6)7/h15,19H,1,10-13H2,2-9H3,(H,20,21). The van der Waals surface area contributed by atoms with Gasteiger partial charge in [0.2, 0.25) is 0 Å². The summed E-state index contributed by atoms with van der Waals surface area (Å²) in [5, 5.41) is 10.5. The molecule has 0 saturated carbocycles. The van der Waals surface area contributed by atoms with Crippen LogP contribution >= 0.6 is 7.82 Å². The Hall–Kier alpha value is -0.190. The molecule has 0 aromatic rings. The average Bonchev–Trinajstić information content (AvgIpc) is 2.31. The van der Waals surface area contributed by atoms with E-state index in [4.69, 9.17) is 9.05 Å². The van der Waals surface area contributed by atoms with E-state index in [2.05, 4.69) is 27.4 Å². The Morgan fingerprint density at radius 3 is 2.04 bits per heavy atom. The molecule has 0 saturated heterocycles. The van der Waals surface area contributed by atoms with Gasteiger partial charge in [0, 0.05) is 5.41 Å². The first-order valence-electron chi connectivity index (χ1n) is 8.49. The highest BCUT2D eigenvalue weighted by atomic mass is 31.2. The molecule has 5 nitrogen and oxygen atoms in total. The fourth-order valence-electron chi connectivity index (χ4n) is 2.23. The molecule has 0 heterocycles. The van der Waals surface area contributed by atoms with Gasteiger partial charge in [0.25, 0.3) is 0 Å². The summed E-state index contributed by atoms with van der Waals surface area (Å²) in [6.45, 7) is 19.0. The molecule has 2 N–H and O–H groups in total. The second-order valence-electron chi connectivity index (χ2n) is 9.41. The van der Waals surface area contributed by atoms with Crippen LogP contribution in [0.2, 0.25) is 0 Å². The third-order valence-electron chi connectivity index (χ3n) is 3.54. The summed E-state index contributed by atoms with van der Waals surface area (Å²) in [6, 6.07) is 0. The zero-order valence-electron chi connectivity index (χ0n) is 16.7. The highest BCUT2D eigenvalue weighted by molar-refractivity contribution is 7.47. The Labute approximate surface area is 148 Å². The van der Waals surface area contributed by atoms with Gasteiger partial charge in [0.05, 0.1) is 18.3 Å². The second-order valence-corrected chi connectivity index (χ2v) is 10.8. The zero-order chi connectivity index (χ0) is 19.4. The van der Waals surface area contributed by atoms with E-state index in [9.17, 15) is 14.6 Å². The van der Waals surface area contributed by atoms with E-state index in [1.807, 2.05) is 0 Å². The van der Waals surface area contributed by atoms with Crippen LogP contribution in [-0.4, -0.2) is 28.3 Å². The molecule has 6 heteroatoms. The fraction of sp³-hybridized carbons (Fsp3) is 0.889. The smallest absolute Gasteiger partial charge is 0.388 e. The summed E-state index contributed by atoms with van der Waals surface area (Å²) in [5.74, 6) is 0. The van der Waals surface area contributed by atoms with Crippen LogP contribution in [-0.2, 0) is 13.6 Å². The lowest BCUT2D eigenvalue weighted by Gasteiger charge is -2.33. The maximum Gasteiger partial charge on any atom is 0.472 e. The van der Waals surface area contributed by atoms with E-state index in [0.717, 1.165) is 24.8 Å². The summed E-state index contributed by atoms with van der Waals surface area (Å²) in [5.41, 5.74) is -0.558. The highest BCUT2D eigenvalue weighted by Gasteiger charge is 2.35. The minimum absolute atomic E-state index is 0.101. The maximum atomic E-state index is 12.0. The van der Waals surface area contributed by atoms with Crippen LogP contribution in [0, 0.1) is 10.8 Å². The van der Waals surface area contributed by atoms with Crippen molar-refractivity contribution in [1.29, 1.82) is 0 Å². The van der Waals surface area contributed by atoms with E-state index in [1.165, 1.54) is 0 Å². The van der Waals surface area contributed by atoms with E-state index in [1.54, 1.807) is 34.6 Å². The second kappa shape index (κ2) is 8.46. The molecule has 0 radical (unpaired) electrons. The molecule has 0 spiro atoms. The number of phosphoric ester groups is 1. The van der Waals surface area contributed by atoms with Crippen LogP contribution < -0.4 is 0 Å². The van der Waals surface area contributed by atoms with E-state index in [-0.39, 0.29) is 12.0 Å². The average molecular weight is 364 g/mol. The minimum atomic E-state index is -4.16. The van der Waals surface area contributed by atoms with Crippen molar-refractivity contribution in [3.63, 3.8) is 0 Å². The summed E-state index contributed by atoms with van der Waals surface area (Å²) in [6.07, 6.45) is 1.90. The lowest BCUT2D eigenvalue weighted by atomic mass is 9.81. The predicted octanol–water partition coefficient (Wildman–Crippen LogP) is 5.08. The molecule has 0 rings (SSSR count). The van der Waals surface area contributed by atoms with Crippen molar-refractivity contribution in [2.75, 3.05) is 6.61 Å². The van der Waals surface area contributed by atoms with Gasteiger partial charge in [-0.1, -0.05) is 41.2 Å². The molecular weight excluding hydrogens is 327 g/mol. The Balaban J connectivity index is 4.59. The third kappa shape index (κ3) is 10.6. The Morgan fingerprint density at radius 1 is 1.12 bits per heavy atom. The fourth-order valence-corrected chi connectivity index (χ4v) is 3.48. The van der Waals surface area contributed by atoms with Crippen molar-refractivity contribution in [1.82, 2.24) is 0 Å². The Bertz CT molecular complexity index is 457. The van der Waals surface area contributed by atoms with Crippen molar-refractivity contribution in [2.45, 2.75) is 86.4 Å². The lowest BCUT2D eigenvalue weighted by molar-refractivity contribution is 0.00654. The molecule has 0 aliphatic rings. The summed E-state index contributed by atoms with van der Waals surface area (Å²) < 4.78 is 22.1. The van der Waals surface area contributed by atoms with Crippen LogP contribution in [0.25, 0.3) is 0 Å².